The number of aromatic nitrogens is 7. The Bertz CT molecular complexity index is 3300. The van der Waals surface area contributed by atoms with Gasteiger partial charge in [0.15, 0.2) is 27.9 Å². The van der Waals surface area contributed by atoms with Crippen LogP contribution in [0.4, 0.5) is 32.0 Å². The van der Waals surface area contributed by atoms with Crippen molar-refractivity contribution in [1.82, 2.24) is 34.3 Å². The molecule has 3 aromatic carbocycles. The summed E-state index contributed by atoms with van der Waals surface area (Å²) in [6.45, 7) is 5.34. The Balaban J connectivity index is 0.000000198. The van der Waals surface area contributed by atoms with Crippen molar-refractivity contribution in [1.29, 1.82) is 0 Å². The summed E-state index contributed by atoms with van der Waals surface area (Å²) in [6.07, 6.45) is 2.55. The Morgan fingerprint density at radius 3 is 2.24 bits per heavy atom. The second-order valence-corrected chi connectivity index (χ2v) is 19.1. The maximum atomic E-state index is 13.7. The van der Waals surface area contributed by atoms with Gasteiger partial charge in [-0.15, -0.1) is 5.10 Å². The molecule has 18 nitrogen and oxygen atoms in total. The largest absolute Gasteiger partial charge is 0.493 e. The Hall–Kier alpha value is -7.06. The first kappa shape index (κ1) is 54.9. The van der Waals surface area contributed by atoms with Gasteiger partial charge in [0.25, 0.3) is 15.2 Å². The predicted molar refractivity (Wildman–Crippen MR) is 244 cm³/mol. The molecule has 2 N–H and O–H groups in total. The van der Waals surface area contributed by atoms with Crippen LogP contribution >= 0.6 is 11.6 Å². The quantitative estimate of drug-likeness (QED) is 0.0426. The normalized spacial score (nSPS) is 12.1. The summed E-state index contributed by atoms with van der Waals surface area (Å²) in [6, 6.07) is 11.5. The molecule has 380 valence electrons. The van der Waals surface area contributed by atoms with Gasteiger partial charge in [-0.2, -0.15) is 36.2 Å². The number of carbonyl (C=O) groups excluding carboxylic acids is 2. The van der Waals surface area contributed by atoms with Crippen LogP contribution in [0.25, 0.3) is 16.6 Å². The maximum absolute atomic E-state index is 13.7. The Morgan fingerprint density at radius 1 is 0.944 bits per heavy atom. The number of methoxy groups -OCH3 is 1. The summed E-state index contributed by atoms with van der Waals surface area (Å²) in [5, 5.41) is 17.8. The predicted octanol–water partition coefficient (Wildman–Crippen LogP) is 8.22. The van der Waals surface area contributed by atoms with E-state index in [9.17, 15) is 57.9 Å². The molecule has 0 amide bonds. The molecule has 1 unspecified atom stereocenters. The fourth-order valence-corrected chi connectivity index (χ4v) is 8.51. The third kappa shape index (κ3) is 13.4. The van der Waals surface area contributed by atoms with E-state index in [0.29, 0.717) is 39.2 Å². The number of anilines is 1. The number of sulfonamides is 1. The lowest BCUT2D eigenvalue weighted by molar-refractivity contribution is -0.151. The Labute approximate surface area is 406 Å². The van der Waals surface area contributed by atoms with E-state index in [1.54, 1.807) is 23.1 Å². The minimum atomic E-state index is -4.76. The van der Waals surface area contributed by atoms with E-state index in [1.165, 1.54) is 21.1 Å². The second kappa shape index (κ2) is 22.8. The number of hydrogen-bond acceptors (Lipinski definition) is 15. The molecule has 0 aliphatic rings. The lowest BCUT2D eigenvalue weighted by Gasteiger charge is -2.14. The molecule has 71 heavy (non-hydrogen) atoms. The summed E-state index contributed by atoms with van der Waals surface area (Å²) in [5.74, 6) is -4.49. The number of nitrogens with zero attached hydrogens (tertiary/aromatic N) is 7. The van der Waals surface area contributed by atoms with Crippen molar-refractivity contribution in [2.24, 2.45) is 7.05 Å². The molecular weight excluding hydrogens is 1010 g/mol. The standard InChI is InChI=1S/C18H22ClNO3.C14H13F3N2O4S.C12H8F3N5O3S/c1-3-4-5-7-13(2)23-17(21)12-22-16-10-9-15(19)14-8-6-11-20-18(14)16;1-7-11(13(21)19(2)18-7)12(20)9-5-4-8(14(15,16)17)6-10(9)24(3,22)23;1-23-12-16-5-8(15)10-17-11(18-20(10)12)24(21,22)19-9-6(13)3-2-4-7(9)14/h6,8-11,13H,3-5,7,12H2,1-2H3;4-6,21H,1-3H3;2-5,19H,1H3. The van der Waals surface area contributed by atoms with Crippen LogP contribution in [0.15, 0.2) is 83.1 Å². The molecule has 27 heteroatoms. The van der Waals surface area contributed by atoms with Crippen molar-refractivity contribution < 1.29 is 72.1 Å². The van der Waals surface area contributed by atoms with Gasteiger partial charge in [0.2, 0.25) is 11.7 Å². The number of aryl methyl sites for hydroxylation is 2. The van der Waals surface area contributed by atoms with Gasteiger partial charge in [0, 0.05) is 30.4 Å². The third-order valence-corrected chi connectivity index (χ3v) is 12.4. The number of aromatic hydroxyl groups is 1. The van der Waals surface area contributed by atoms with Gasteiger partial charge < -0.3 is 19.3 Å². The number of pyridine rings is 1. The van der Waals surface area contributed by atoms with Crippen LogP contribution in [0.3, 0.4) is 0 Å². The summed E-state index contributed by atoms with van der Waals surface area (Å²) < 4.78 is 147. The first-order valence-corrected chi connectivity index (χ1v) is 24.5. The van der Waals surface area contributed by atoms with Crippen LogP contribution in [0.2, 0.25) is 5.02 Å². The van der Waals surface area contributed by atoms with Gasteiger partial charge in [-0.05, 0) is 81.3 Å². The zero-order chi connectivity index (χ0) is 52.6. The average Bonchev–Trinajstić information content (AvgIpc) is 3.88. The van der Waals surface area contributed by atoms with Crippen LogP contribution < -0.4 is 14.2 Å². The van der Waals surface area contributed by atoms with Crippen molar-refractivity contribution in [3.8, 4) is 17.6 Å². The Morgan fingerprint density at radius 2 is 1.63 bits per heavy atom. The Kier molecular flexibility index (Phi) is 17.6. The molecule has 4 heterocycles. The highest BCUT2D eigenvalue weighted by Crippen LogP contribution is 2.34. The monoisotopic (exact) mass is 1060 g/mol. The zero-order valence-corrected chi connectivity index (χ0v) is 40.6. The van der Waals surface area contributed by atoms with Crippen LogP contribution in [0, 0.1) is 24.4 Å². The van der Waals surface area contributed by atoms with Gasteiger partial charge in [-0.1, -0.05) is 37.4 Å². The smallest absolute Gasteiger partial charge is 0.416 e. The number of para-hydroxylation sites is 1. The number of ketones is 1. The molecule has 0 fully saturated rings. The summed E-state index contributed by atoms with van der Waals surface area (Å²) in [5.41, 5.74) is -2.52. The van der Waals surface area contributed by atoms with Crippen LogP contribution in [0.1, 0.15) is 66.7 Å². The van der Waals surface area contributed by atoms with Crippen LogP contribution in [0.5, 0.6) is 17.6 Å². The molecule has 0 spiro atoms. The molecule has 0 aliphatic heterocycles. The number of esters is 1. The van der Waals surface area contributed by atoms with Gasteiger partial charge >= 0.3 is 18.2 Å². The molecule has 1 atom stereocenters. The van der Waals surface area contributed by atoms with Crippen molar-refractivity contribution in [2.75, 3.05) is 24.7 Å². The average molecular weight is 1060 g/mol. The number of halogens is 7. The molecule has 7 aromatic rings. The van der Waals surface area contributed by atoms with E-state index in [1.807, 2.05) is 19.1 Å². The first-order chi connectivity index (χ1) is 33.3. The lowest BCUT2D eigenvalue weighted by Crippen LogP contribution is -2.20. The summed E-state index contributed by atoms with van der Waals surface area (Å²) in [4.78, 5) is 35.0. The SMILES string of the molecule is CCCCCC(C)OC(=O)COc1ccc(Cl)c2cccnc12.COc1ncc(F)c2nc(S(=O)(=O)Nc3c(F)cccc3F)nn12.Cc1nn(C)c(O)c1C(=O)c1ccc(C(F)(F)F)cc1S(C)(=O)=O. The van der Waals surface area contributed by atoms with E-state index >= 15 is 0 Å². The fourth-order valence-electron chi connectivity index (χ4n) is 6.44. The van der Waals surface area contributed by atoms with Crippen LogP contribution in [-0.2, 0) is 42.6 Å². The van der Waals surface area contributed by atoms with Gasteiger partial charge in [0.05, 0.1) is 40.6 Å². The van der Waals surface area contributed by atoms with Crippen molar-refractivity contribution in [2.45, 2.75) is 68.8 Å². The number of carbonyl (C=O) groups is 2. The first-order valence-electron chi connectivity index (χ1n) is 20.7. The van der Waals surface area contributed by atoms with E-state index in [2.05, 4.69) is 32.1 Å². The highest BCUT2D eigenvalue weighted by Gasteiger charge is 2.34. The number of ether oxygens (including phenoxy) is 3. The highest BCUT2D eigenvalue weighted by atomic mass is 35.5. The number of hydrogen-bond donors (Lipinski definition) is 2. The van der Waals surface area contributed by atoms with Gasteiger partial charge in [-0.3, -0.25) is 14.5 Å². The van der Waals surface area contributed by atoms with Crippen molar-refractivity contribution in [3.63, 3.8) is 0 Å². The molecule has 0 saturated carbocycles. The minimum absolute atomic E-state index is 0.0854. The molecule has 7 rings (SSSR count). The number of unbranched alkanes of at least 4 members (excludes halogenated alkanes) is 2. The highest BCUT2D eigenvalue weighted by molar-refractivity contribution is 7.92. The number of benzene rings is 3. The molecule has 0 bridgehead atoms. The molecule has 0 aliphatic carbocycles. The number of sulfone groups is 1. The van der Waals surface area contributed by atoms with Gasteiger partial charge in [0.1, 0.15) is 34.2 Å². The number of alkyl halides is 3. The van der Waals surface area contributed by atoms with E-state index in [-0.39, 0.29) is 35.9 Å². The summed E-state index contributed by atoms with van der Waals surface area (Å²) >= 11 is 6.13. The van der Waals surface area contributed by atoms with E-state index < -0.39 is 87.7 Å². The zero-order valence-electron chi connectivity index (χ0n) is 38.3. The number of rotatable bonds is 15. The molecule has 4 aromatic heterocycles. The summed E-state index contributed by atoms with van der Waals surface area (Å²) in [7, 11) is -6.13. The van der Waals surface area contributed by atoms with E-state index in [4.69, 9.17) is 25.8 Å². The topological polar surface area (TPSA) is 236 Å². The lowest BCUT2D eigenvalue weighted by atomic mass is 10.0. The fraction of sp³-hybridized carbons (Fsp3) is 0.295. The van der Waals surface area contributed by atoms with E-state index in [0.717, 1.165) is 66.2 Å². The van der Waals surface area contributed by atoms with Gasteiger partial charge in [-0.25, -0.2) is 36.0 Å². The number of fused-ring (bicyclic) bond motifs is 2. The number of nitrogens with one attached hydrogen (secondary N) is 1. The maximum Gasteiger partial charge on any atom is 0.416 e. The molecule has 0 saturated heterocycles. The minimum Gasteiger partial charge on any atom is -0.493 e. The van der Waals surface area contributed by atoms with Crippen LogP contribution in [-0.4, -0.2) is 94.1 Å². The molecular formula is C44H43ClF6N8O10S2. The van der Waals surface area contributed by atoms with Crippen molar-refractivity contribution in [3.05, 3.63) is 118 Å². The molecule has 0 radical (unpaired) electrons. The second-order valence-electron chi connectivity index (χ2n) is 15.2. The van der Waals surface area contributed by atoms with Crippen molar-refractivity contribution >= 4 is 65.5 Å². The third-order valence-electron chi connectivity index (χ3n) is 9.84.